The zero-order valence-corrected chi connectivity index (χ0v) is 11.8. The Balaban J connectivity index is 2.06. The smallest absolute Gasteiger partial charge is 0.123 e. The van der Waals surface area contributed by atoms with Crippen molar-refractivity contribution in [3.05, 3.63) is 54.0 Å². The zero-order valence-electron chi connectivity index (χ0n) is 11.8. The molecule has 3 aromatic rings. The minimum Gasteiger partial charge on any atom is -0.310 e. The van der Waals surface area contributed by atoms with E-state index in [1.807, 2.05) is 6.07 Å². The van der Waals surface area contributed by atoms with Crippen molar-refractivity contribution in [2.24, 2.45) is 0 Å². The van der Waals surface area contributed by atoms with E-state index in [1.165, 1.54) is 23.7 Å². The predicted molar refractivity (Wildman–Crippen MR) is 78.9 cm³/mol. The van der Waals surface area contributed by atoms with Crippen LogP contribution in [0.15, 0.2) is 36.9 Å². The summed E-state index contributed by atoms with van der Waals surface area (Å²) in [5.74, 6) is -0.194. The van der Waals surface area contributed by atoms with Crippen LogP contribution in [0.2, 0.25) is 0 Å². The molecule has 0 unspecified atom stereocenters. The molecule has 2 aromatic heterocycles. The van der Waals surface area contributed by atoms with Crippen LogP contribution < -0.4 is 0 Å². The number of fused-ring (bicyclic) bond motifs is 3. The lowest BCUT2D eigenvalue weighted by molar-refractivity contribution is 0.311. The first-order chi connectivity index (χ1) is 10.2. The van der Waals surface area contributed by atoms with Gasteiger partial charge in [-0.25, -0.2) is 14.4 Å². The van der Waals surface area contributed by atoms with Gasteiger partial charge in [-0.3, -0.25) is 0 Å². The van der Waals surface area contributed by atoms with Crippen molar-refractivity contribution in [3.63, 3.8) is 0 Å². The minimum atomic E-state index is -0.194. The van der Waals surface area contributed by atoms with Crippen LogP contribution in [0, 0.1) is 5.82 Å². The number of hydrogen-bond donors (Lipinski definition) is 0. The van der Waals surface area contributed by atoms with Gasteiger partial charge in [-0.15, -0.1) is 0 Å². The average molecular weight is 282 g/mol. The summed E-state index contributed by atoms with van der Waals surface area (Å²) in [6.07, 6.45) is 6.06. The molecule has 4 rings (SSSR count). The van der Waals surface area contributed by atoms with Crippen LogP contribution in [0.1, 0.15) is 11.3 Å². The highest BCUT2D eigenvalue weighted by Crippen LogP contribution is 2.33. The fourth-order valence-corrected chi connectivity index (χ4v) is 3.17. The Morgan fingerprint density at radius 1 is 1.19 bits per heavy atom. The van der Waals surface area contributed by atoms with Crippen molar-refractivity contribution in [3.8, 4) is 5.69 Å². The van der Waals surface area contributed by atoms with Crippen molar-refractivity contribution in [1.29, 1.82) is 0 Å². The molecule has 0 N–H and O–H groups in total. The molecule has 4 nitrogen and oxygen atoms in total. The first kappa shape index (κ1) is 12.5. The van der Waals surface area contributed by atoms with Gasteiger partial charge in [0.15, 0.2) is 0 Å². The monoisotopic (exact) mass is 282 g/mol. The van der Waals surface area contributed by atoms with Crippen LogP contribution in [0.25, 0.3) is 16.6 Å². The second kappa shape index (κ2) is 4.63. The molecule has 0 saturated heterocycles. The van der Waals surface area contributed by atoms with E-state index in [0.29, 0.717) is 0 Å². The van der Waals surface area contributed by atoms with Crippen LogP contribution in [0.4, 0.5) is 4.39 Å². The van der Waals surface area contributed by atoms with Gasteiger partial charge >= 0.3 is 0 Å². The molecule has 0 spiro atoms. The summed E-state index contributed by atoms with van der Waals surface area (Å²) in [4.78, 5) is 10.5. The summed E-state index contributed by atoms with van der Waals surface area (Å²) >= 11 is 0. The molecule has 0 radical (unpaired) electrons. The molecular formula is C16H15FN4. The molecule has 0 bridgehead atoms. The summed E-state index contributed by atoms with van der Waals surface area (Å²) in [6, 6.07) is 4.99. The Labute approximate surface area is 121 Å². The van der Waals surface area contributed by atoms with Gasteiger partial charge in [0.1, 0.15) is 12.1 Å². The highest BCUT2D eigenvalue weighted by Gasteiger charge is 2.23. The summed E-state index contributed by atoms with van der Waals surface area (Å²) < 4.78 is 15.8. The van der Waals surface area contributed by atoms with Crippen LogP contribution in [0.5, 0.6) is 0 Å². The van der Waals surface area contributed by atoms with Gasteiger partial charge in [-0.2, -0.15) is 0 Å². The average Bonchev–Trinajstić information content (AvgIpc) is 2.81. The van der Waals surface area contributed by atoms with Gasteiger partial charge in [0.05, 0.1) is 23.6 Å². The van der Waals surface area contributed by atoms with Gasteiger partial charge in [0, 0.05) is 30.6 Å². The molecule has 5 heteroatoms. The molecule has 0 atom stereocenters. The summed E-state index contributed by atoms with van der Waals surface area (Å²) in [5.41, 5.74) is 4.40. The lowest BCUT2D eigenvalue weighted by atomic mass is 10.0. The topological polar surface area (TPSA) is 34.0 Å². The second-order valence-electron chi connectivity index (χ2n) is 5.51. The number of hydrogen-bond acceptors (Lipinski definition) is 3. The van der Waals surface area contributed by atoms with E-state index in [-0.39, 0.29) is 5.82 Å². The molecule has 1 aromatic carbocycles. The van der Waals surface area contributed by atoms with Crippen LogP contribution in [-0.2, 0) is 13.0 Å². The van der Waals surface area contributed by atoms with E-state index >= 15 is 0 Å². The molecule has 21 heavy (non-hydrogen) atoms. The zero-order chi connectivity index (χ0) is 14.4. The first-order valence-corrected chi connectivity index (χ1v) is 6.99. The third-order valence-electron chi connectivity index (χ3n) is 4.11. The molecular weight excluding hydrogens is 267 g/mol. The molecule has 1 aliphatic heterocycles. The number of likely N-dealkylation sites (N-methyl/N-ethyl adjacent to an activating group) is 1. The molecule has 0 fully saturated rings. The Kier molecular flexibility index (Phi) is 2.75. The maximum Gasteiger partial charge on any atom is 0.123 e. The first-order valence-electron chi connectivity index (χ1n) is 6.99. The van der Waals surface area contributed by atoms with Gasteiger partial charge < -0.3 is 9.47 Å². The van der Waals surface area contributed by atoms with Crippen molar-refractivity contribution in [1.82, 2.24) is 19.4 Å². The van der Waals surface area contributed by atoms with Crippen LogP contribution in [-0.4, -0.2) is 33.0 Å². The van der Waals surface area contributed by atoms with E-state index < -0.39 is 0 Å². The normalized spacial score (nSPS) is 15.3. The molecule has 0 aliphatic carbocycles. The maximum atomic E-state index is 13.7. The van der Waals surface area contributed by atoms with Crippen molar-refractivity contribution in [2.75, 3.05) is 13.6 Å². The second-order valence-corrected chi connectivity index (χ2v) is 5.51. The third-order valence-corrected chi connectivity index (χ3v) is 4.11. The molecule has 3 heterocycles. The summed E-state index contributed by atoms with van der Waals surface area (Å²) in [7, 11) is 2.09. The fourth-order valence-electron chi connectivity index (χ4n) is 3.17. The molecule has 0 saturated carbocycles. The van der Waals surface area contributed by atoms with E-state index in [0.717, 1.165) is 36.1 Å². The number of nitrogens with zero attached hydrogens (tertiary/aromatic N) is 4. The summed E-state index contributed by atoms with van der Waals surface area (Å²) in [6.45, 7) is 1.84. The van der Waals surface area contributed by atoms with Gasteiger partial charge in [0.2, 0.25) is 0 Å². The Morgan fingerprint density at radius 2 is 2.00 bits per heavy atom. The lowest BCUT2D eigenvalue weighted by Crippen LogP contribution is -2.27. The van der Waals surface area contributed by atoms with E-state index in [2.05, 4.69) is 26.5 Å². The maximum absolute atomic E-state index is 13.7. The van der Waals surface area contributed by atoms with Crippen LogP contribution >= 0.6 is 0 Å². The highest BCUT2D eigenvalue weighted by molar-refractivity contribution is 5.87. The number of aromatic nitrogens is 3. The van der Waals surface area contributed by atoms with Crippen molar-refractivity contribution < 1.29 is 4.39 Å². The van der Waals surface area contributed by atoms with Gasteiger partial charge in [0.25, 0.3) is 0 Å². The quantitative estimate of drug-likeness (QED) is 0.688. The Bertz CT molecular complexity index is 810. The predicted octanol–water partition coefficient (Wildman–Crippen LogP) is 2.55. The van der Waals surface area contributed by atoms with Crippen molar-refractivity contribution >= 4 is 10.9 Å². The fraction of sp³-hybridized carbons (Fsp3) is 0.250. The standard InChI is InChI=1S/C16H15FN4/c1-20-5-4-16-14(9-20)13-6-11(17)2-3-15(13)21(16)12-7-18-10-19-8-12/h2-3,6-8,10H,4-5,9H2,1H3. The summed E-state index contributed by atoms with van der Waals surface area (Å²) in [5, 5.41) is 0.986. The lowest BCUT2D eigenvalue weighted by Gasteiger charge is -2.24. The number of benzene rings is 1. The molecule has 1 aliphatic rings. The SMILES string of the molecule is CN1CCc2c(c3cc(F)ccc3n2-c2cncnc2)C1. The molecule has 106 valence electrons. The van der Waals surface area contributed by atoms with Crippen LogP contribution in [0.3, 0.4) is 0 Å². The third kappa shape index (κ3) is 1.93. The number of halogens is 1. The highest BCUT2D eigenvalue weighted by atomic mass is 19.1. The number of rotatable bonds is 1. The van der Waals surface area contributed by atoms with E-state index in [9.17, 15) is 4.39 Å². The van der Waals surface area contributed by atoms with Crippen molar-refractivity contribution in [2.45, 2.75) is 13.0 Å². The minimum absolute atomic E-state index is 0.194. The van der Waals surface area contributed by atoms with Gasteiger partial charge in [-0.1, -0.05) is 0 Å². The Morgan fingerprint density at radius 3 is 2.81 bits per heavy atom. The molecule has 0 amide bonds. The largest absolute Gasteiger partial charge is 0.310 e. The van der Waals surface area contributed by atoms with E-state index in [4.69, 9.17) is 0 Å². The Hall–Kier alpha value is -2.27. The van der Waals surface area contributed by atoms with E-state index in [1.54, 1.807) is 18.5 Å². The van der Waals surface area contributed by atoms with Gasteiger partial charge in [-0.05, 0) is 30.8 Å².